The molecule has 1 aromatic heterocycles. The molecule has 82 valence electrons. The summed E-state index contributed by atoms with van der Waals surface area (Å²) in [6, 6.07) is 7.02. The van der Waals surface area contributed by atoms with E-state index in [0.717, 1.165) is 10.9 Å². The third-order valence-electron chi connectivity index (χ3n) is 2.30. The van der Waals surface area contributed by atoms with E-state index in [-0.39, 0.29) is 11.7 Å². The van der Waals surface area contributed by atoms with E-state index in [4.69, 9.17) is 0 Å². The van der Waals surface area contributed by atoms with E-state index in [1.165, 1.54) is 6.92 Å². The highest BCUT2D eigenvalue weighted by Crippen LogP contribution is 2.23. The largest absolute Gasteiger partial charge is 0.506 e. The molecule has 0 spiro atoms. The monoisotopic (exact) mass is 216 g/mol. The molecule has 0 bridgehead atoms. The number of carbonyl (C=O) groups excluding carboxylic acids is 1. The summed E-state index contributed by atoms with van der Waals surface area (Å²) < 4.78 is 0. The van der Waals surface area contributed by atoms with Gasteiger partial charge in [0.05, 0.1) is 11.2 Å². The molecule has 16 heavy (non-hydrogen) atoms. The summed E-state index contributed by atoms with van der Waals surface area (Å²) in [7, 11) is 0. The second kappa shape index (κ2) is 3.81. The summed E-state index contributed by atoms with van der Waals surface area (Å²) in [5, 5.41) is 13.0. The topological polar surface area (TPSA) is 62.2 Å². The van der Waals surface area contributed by atoms with E-state index in [9.17, 15) is 9.90 Å². The van der Waals surface area contributed by atoms with E-state index in [0.29, 0.717) is 11.4 Å². The van der Waals surface area contributed by atoms with Gasteiger partial charge in [-0.25, -0.2) is 4.98 Å². The minimum atomic E-state index is -0.122. The highest BCUT2D eigenvalue weighted by molar-refractivity contribution is 5.92. The molecule has 0 fully saturated rings. The van der Waals surface area contributed by atoms with Crippen LogP contribution in [0, 0.1) is 6.92 Å². The number of nitrogens with zero attached hydrogens (tertiary/aromatic N) is 1. The number of hydrogen-bond acceptors (Lipinski definition) is 3. The summed E-state index contributed by atoms with van der Waals surface area (Å²) in [4.78, 5) is 15.1. The van der Waals surface area contributed by atoms with Crippen molar-refractivity contribution in [3.05, 3.63) is 30.0 Å². The molecule has 1 amide bonds. The fourth-order valence-corrected chi connectivity index (χ4v) is 1.54. The SMILES string of the molecule is CC(=O)Nc1ccc2nc(C)c(O)cc2c1. The minimum absolute atomic E-state index is 0.122. The summed E-state index contributed by atoms with van der Waals surface area (Å²) >= 11 is 0. The maximum atomic E-state index is 10.9. The van der Waals surface area contributed by atoms with E-state index in [1.807, 2.05) is 6.07 Å². The van der Waals surface area contributed by atoms with E-state index < -0.39 is 0 Å². The van der Waals surface area contributed by atoms with E-state index in [2.05, 4.69) is 10.3 Å². The molecule has 1 aromatic carbocycles. The molecule has 0 aliphatic rings. The fraction of sp³-hybridized carbons (Fsp3) is 0.167. The Kier molecular flexibility index (Phi) is 2.48. The van der Waals surface area contributed by atoms with Crippen molar-refractivity contribution < 1.29 is 9.90 Å². The van der Waals surface area contributed by atoms with Gasteiger partial charge in [-0.05, 0) is 31.2 Å². The molecule has 2 N–H and O–H groups in total. The lowest BCUT2D eigenvalue weighted by Crippen LogP contribution is -2.05. The number of nitrogens with one attached hydrogen (secondary N) is 1. The summed E-state index contributed by atoms with van der Waals surface area (Å²) in [6.45, 7) is 3.20. The third-order valence-corrected chi connectivity index (χ3v) is 2.30. The zero-order valence-electron chi connectivity index (χ0n) is 9.11. The van der Waals surface area contributed by atoms with Gasteiger partial charge < -0.3 is 10.4 Å². The van der Waals surface area contributed by atoms with Gasteiger partial charge in [0.15, 0.2) is 0 Å². The van der Waals surface area contributed by atoms with Crippen LogP contribution in [-0.2, 0) is 4.79 Å². The Morgan fingerprint density at radius 2 is 2.12 bits per heavy atom. The smallest absolute Gasteiger partial charge is 0.221 e. The number of aromatic hydroxyl groups is 1. The second-order valence-electron chi connectivity index (χ2n) is 3.68. The van der Waals surface area contributed by atoms with Crippen molar-refractivity contribution in [3.8, 4) is 5.75 Å². The summed E-state index contributed by atoms with van der Waals surface area (Å²) in [6.07, 6.45) is 0. The van der Waals surface area contributed by atoms with Gasteiger partial charge in [0.25, 0.3) is 0 Å². The number of hydrogen-bond donors (Lipinski definition) is 2. The van der Waals surface area contributed by atoms with Gasteiger partial charge in [-0.3, -0.25) is 4.79 Å². The molecule has 0 radical (unpaired) electrons. The number of aryl methyl sites for hydroxylation is 1. The fourth-order valence-electron chi connectivity index (χ4n) is 1.54. The number of pyridine rings is 1. The Labute approximate surface area is 92.9 Å². The Morgan fingerprint density at radius 3 is 2.81 bits per heavy atom. The van der Waals surface area contributed by atoms with E-state index in [1.54, 1.807) is 25.1 Å². The van der Waals surface area contributed by atoms with Gasteiger partial charge in [-0.2, -0.15) is 0 Å². The maximum Gasteiger partial charge on any atom is 0.221 e. The third kappa shape index (κ3) is 1.95. The Balaban J connectivity index is 2.53. The molecule has 0 aliphatic carbocycles. The number of amides is 1. The molecule has 0 unspecified atom stereocenters. The van der Waals surface area contributed by atoms with Crippen LogP contribution in [0.3, 0.4) is 0 Å². The molecule has 4 heteroatoms. The average molecular weight is 216 g/mol. The van der Waals surface area contributed by atoms with Crippen molar-refractivity contribution in [1.82, 2.24) is 4.98 Å². The maximum absolute atomic E-state index is 10.9. The van der Waals surface area contributed by atoms with Gasteiger partial charge in [0.1, 0.15) is 5.75 Å². The van der Waals surface area contributed by atoms with Crippen molar-refractivity contribution in [2.45, 2.75) is 13.8 Å². The predicted octanol–water partition coefficient (Wildman–Crippen LogP) is 2.21. The first kappa shape index (κ1) is 10.4. The number of anilines is 1. The molecule has 2 rings (SSSR count). The van der Waals surface area contributed by atoms with Gasteiger partial charge in [-0.1, -0.05) is 0 Å². The molecule has 4 nitrogen and oxygen atoms in total. The van der Waals surface area contributed by atoms with Gasteiger partial charge in [0.2, 0.25) is 5.91 Å². The number of rotatable bonds is 1. The van der Waals surface area contributed by atoms with Crippen LogP contribution in [0.1, 0.15) is 12.6 Å². The first-order valence-corrected chi connectivity index (χ1v) is 4.94. The molecule has 2 aromatic rings. The van der Waals surface area contributed by atoms with Crippen LogP contribution in [-0.4, -0.2) is 16.0 Å². The molecule has 0 atom stereocenters. The van der Waals surface area contributed by atoms with Crippen LogP contribution < -0.4 is 5.32 Å². The van der Waals surface area contributed by atoms with Crippen LogP contribution in [0.5, 0.6) is 5.75 Å². The van der Waals surface area contributed by atoms with Crippen molar-refractivity contribution in [1.29, 1.82) is 0 Å². The zero-order valence-corrected chi connectivity index (χ0v) is 9.11. The zero-order chi connectivity index (χ0) is 11.7. The molecule has 0 aliphatic heterocycles. The number of aromatic nitrogens is 1. The van der Waals surface area contributed by atoms with Crippen LogP contribution in [0.25, 0.3) is 10.9 Å². The molecular formula is C12H12N2O2. The summed E-state index contributed by atoms with van der Waals surface area (Å²) in [5.74, 6) is 0.0381. The Hall–Kier alpha value is -2.10. The molecule has 0 saturated carbocycles. The quantitative estimate of drug-likeness (QED) is 0.768. The van der Waals surface area contributed by atoms with Crippen molar-refractivity contribution in [2.75, 3.05) is 5.32 Å². The molecular weight excluding hydrogens is 204 g/mol. The number of fused-ring (bicyclic) bond motifs is 1. The predicted molar refractivity (Wildman–Crippen MR) is 62.4 cm³/mol. The average Bonchev–Trinajstić information content (AvgIpc) is 2.19. The van der Waals surface area contributed by atoms with Crippen LogP contribution in [0.15, 0.2) is 24.3 Å². The normalized spacial score (nSPS) is 10.4. The minimum Gasteiger partial charge on any atom is -0.506 e. The first-order chi connectivity index (χ1) is 7.56. The van der Waals surface area contributed by atoms with Crippen LogP contribution in [0.2, 0.25) is 0 Å². The highest BCUT2D eigenvalue weighted by Gasteiger charge is 2.03. The highest BCUT2D eigenvalue weighted by atomic mass is 16.3. The lowest BCUT2D eigenvalue weighted by atomic mass is 10.1. The summed E-state index contributed by atoms with van der Waals surface area (Å²) in [5.41, 5.74) is 2.09. The van der Waals surface area contributed by atoms with E-state index >= 15 is 0 Å². The van der Waals surface area contributed by atoms with Crippen molar-refractivity contribution in [3.63, 3.8) is 0 Å². The number of carbonyl (C=O) groups is 1. The second-order valence-corrected chi connectivity index (χ2v) is 3.68. The van der Waals surface area contributed by atoms with Crippen LogP contribution in [0.4, 0.5) is 5.69 Å². The van der Waals surface area contributed by atoms with Crippen molar-refractivity contribution in [2.24, 2.45) is 0 Å². The molecule has 1 heterocycles. The first-order valence-electron chi connectivity index (χ1n) is 4.94. The van der Waals surface area contributed by atoms with Gasteiger partial charge >= 0.3 is 0 Å². The Bertz CT molecular complexity index is 564. The number of benzene rings is 1. The van der Waals surface area contributed by atoms with Crippen molar-refractivity contribution >= 4 is 22.5 Å². The lowest BCUT2D eigenvalue weighted by Gasteiger charge is -2.05. The Morgan fingerprint density at radius 1 is 1.38 bits per heavy atom. The lowest BCUT2D eigenvalue weighted by molar-refractivity contribution is -0.114. The van der Waals surface area contributed by atoms with Gasteiger partial charge in [-0.15, -0.1) is 0 Å². The van der Waals surface area contributed by atoms with Gasteiger partial charge in [0, 0.05) is 18.0 Å². The van der Waals surface area contributed by atoms with Crippen LogP contribution >= 0.6 is 0 Å². The standard InChI is InChI=1S/C12H12N2O2/c1-7-12(16)6-9-5-10(14-8(2)15)3-4-11(9)13-7/h3-6,16H,1-2H3,(H,14,15). The molecule has 0 saturated heterocycles.